The van der Waals surface area contributed by atoms with Crippen LogP contribution in [0.3, 0.4) is 0 Å². The van der Waals surface area contributed by atoms with Gasteiger partial charge in [-0.05, 0) is 74.1 Å². The van der Waals surface area contributed by atoms with Crippen molar-refractivity contribution < 1.29 is 17.9 Å². The molecular formula is C32H50N4O4S. The van der Waals surface area contributed by atoms with E-state index in [0.717, 1.165) is 103 Å². The number of unbranched alkanes of at least 4 members (excludes halogenated alkanes) is 3. The third-order valence-corrected chi connectivity index (χ3v) is 8.16. The van der Waals surface area contributed by atoms with Gasteiger partial charge in [0.1, 0.15) is 11.5 Å². The van der Waals surface area contributed by atoms with Crippen molar-refractivity contribution in [3.63, 3.8) is 0 Å². The van der Waals surface area contributed by atoms with Crippen molar-refractivity contribution in [3.8, 4) is 11.5 Å². The van der Waals surface area contributed by atoms with Crippen LogP contribution < -0.4 is 9.46 Å². The number of nitrogens with zero attached hydrogens (tertiary/aromatic N) is 3. The molecule has 0 unspecified atom stereocenters. The minimum atomic E-state index is -3.31. The SMILES string of the molecule is CCCCN(CCCC)C(=O)N(CCCC)C1CCN(Cc2ccc(Oc3ccc(NS(C)(=O)=O)cc3)cc2)CC1. The molecule has 0 radical (unpaired) electrons. The zero-order valence-corrected chi connectivity index (χ0v) is 26.3. The highest BCUT2D eigenvalue weighted by Gasteiger charge is 2.30. The summed E-state index contributed by atoms with van der Waals surface area (Å²) in [4.78, 5) is 20.5. The molecule has 1 saturated heterocycles. The first-order valence-corrected chi connectivity index (χ1v) is 17.2. The Hall–Kier alpha value is -2.78. The summed E-state index contributed by atoms with van der Waals surface area (Å²) >= 11 is 0. The summed E-state index contributed by atoms with van der Waals surface area (Å²) in [7, 11) is -3.31. The summed E-state index contributed by atoms with van der Waals surface area (Å²) < 4.78 is 31.2. The van der Waals surface area contributed by atoms with Crippen molar-refractivity contribution in [2.45, 2.75) is 84.7 Å². The van der Waals surface area contributed by atoms with Gasteiger partial charge in [-0.25, -0.2) is 13.2 Å². The van der Waals surface area contributed by atoms with Crippen LogP contribution >= 0.6 is 0 Å². The van der Waals surface area contributed by atoms with E-state index in [0.29, 0.717) is 17.5 Å². The van der Waals surface area contributed by atoms with E-state index in [1.165, 1.54) is 5.56 Å². The molecule has 2 aromatic rings. The van der Waals surface area contributed by atoms with Gasteiger partial charge in [0, 0.05) is 51.0 Å². The quantitative estimate of drug-likeness (QED) is 0.230. The Morgan fingerprint density at radius 2 is 1.37 bits per heavy atom. The molecule has 0 saturated carbocycles. The lowest BCUT2D eigenvalue weighted by Crippen LogP contribution is -2.52. The third kappa shape index (κ3) is 11.2. The van der Waals surface area contributed by atoms with Crippen LogP contribution in [-0.2, 0) is 16.6 Å². The first kappa shape index (κ1) is 32.7. The fraction of sp³-hybridized carbons (Fsp3) is 0.594. The lowest BCUT2D eigenvalue weighted by atomic mass is 10.0. The van der Waals surface area contributed by atoms with E-state index in [4.69, 9.17) is 4.74 Å². The largest absolute Gasteiger partial charge is 0.457 e. The van der Waals surface area contributed by atoms with Crippen molar-refractivity contribution in [3.05, 3.63) is 54.1 Å². The van der Waals surface area contributed by atoms with Gasteiger partial charge in [-0.1, -0.05) is 52.2 Å². The molecule has 1 aliphatic rings. The number of hydrogen-bond acceptors (Lipinski definition) is 5. The molecule has 2 amide bonds. The fourth-order valence-electron chi connectivity index (χ4n) is 5.20. The van der Waals surface area contributed by atoms with Crippen LogP contribution in [0.1, 0.15) is 77.7 Å². The number of benzene rings is 2. The Balaban J connectivity index is 1.53. The first-order valence-electron chi connectivity index (χ1n) is 15.3. The lowest BCUT2D eigenvalue weighted by molar-refractivity contribution is 0.0937. The predicted molar refractivity (Wildman–Crippen MR) is 168 cm³/mol. The number of carbonyl (C=O) groups is 1. The molecular weight excluding hydrogens is 536 g/mol. The maximum absolute atomic E-state index is 13.7. The zero-order valence-electron chi connectivity index (χ0n) is 25.5. The Morgan fingerprint density at radius 3 is 1.88 bits per heavy atom. The molecule has 0 spiro atoms. The van der Waals surface area contributed by atoms with Crippen molar-refractivity contribution in [1.29, 1.82) is 0 Å². The van der Waals surface area contributed by atoms with Crippen molar-refractivity contribution >= 4 is 21.7 Å². The Bertz CT molecular complexity index is 1140. The molecule has 9 heteroatoms. The van der Waals surface area contributed by atoms with Crippen molar-refractivity contribution in [2.75, 3.05) is 43.7 Å². The average Bonchev–Trinajstić information content (AvgIpc) is 2.95. The van der Waals surface area contributed by atoms with E-state index in [2.05, 4.69) is 52.3 Å². The maximum Gasteiger partial charge on any atom is 0.320 e. The van der Waals surface area contributed by atoms with Gasteiger partial charge in [-0.2, -0.15) is 0 Å². The van der Waals surface area contributed by atoms with Crippen LogP contribution in [0.4, 0.5) is 10.5 Å². The summed E-state index contributed by atoms with van der Waals surface area (Å²) in [6, 6.07) is 15.5. The van der Waals surface area contributed by atoms with Crippen molar-refractivity contribution in [2.24, 2.45) is 0 Å². The van der Waals surface area contributed by atoms with Crippen molar-refractivity contribution in [1.82, 2.24) is 14.7 Å². The van der Waals surface area contributed by atoms with Gasteiger partial charge in [0.15, 0.2) is 0 Å². The number of likely N-dealkylation sites (tertiary alicyclic amines) is 1. The molecule has 0 bridgehead atoms. The van der Waals surface area contributed by atoms with Crippen LogP contribution in [0.25, 0.3) is 0 Å². The number of ether oxygens (including phenoxy) is 1. The molecule has 41 heavy (non-hydrogen) atoms. The molecule has 1 aliphatic heterocycles. The van der Waals surface area contributed by atoms with E-state index in [-0.39, 0.29) is 6.03 Å². The standard InChI is InChI=1S/C32H50N4O4S/c1-5-8-21-35(22-9-6-2)32(37)36(23-10-7-3)29-19-24-34(25-20-29)26-27-11-15-30(16-12-27)40-31-17-13-28(14-18-31)33-41(4,38)39/h11-18,29,33H,5-10,19-26H2,1-4H3. The fourth-order valence-corrected chi connectivity index (χ4v) is 5.76. The minimum absolute atomic E-state index is 0.246. The van der Waals surface area contributed by atoms with Crippen LogP contribution in [-0.4, -0.2) is 74.2 Å². The van der Waals surface area contributed by atoms with E-state index >= 15 is 0 Å². The minimum Gasteiger partial charge on any atom is -0.457 e. The van der Waals surface area contributed by atoms with Gasteiger partial charge >= 0.3 is 6.03 Å². The third-order valence-electron chi connectivity index (χ3n) is 7.55. The molecule has 8 nitrogen and oxygen atoms in total. The smallest absolute Gasteiger partial charge is 0.320 e. The van der Waals surface area contributed by atoms with Crippen LogP contribution in [0.15, 0.2) is 48.5 Å². The predicted octanol–water partition coefficient (Wildman–Crippen LogP) is 6.94. The second-order valence-corrected chi connectivity index (χ2v) is 12.9. The monoisotopic (exact) mass is 586 g/mol. The highest BCUT2D eigenvalue weighted by molar-refractivity contribution is 7.92. The van der Waals surface area contributed by atoms with E-state index in [1.807, 2.05) is 12.1 Å². The van der Waals surface area contributed by atoms with E-state index in [9.17, 15) is 13.2 Å². The summed E-state index contributed by atoms with van der Waals surface area (Å²) in [5, 5.41) is 0. The van der Waals surface area contributed by atoms with Crippen LogP contribution in [0, 0.1) is 0 Å². The number of piperidine rings is 1. The Labute approximate surface area is 248 Å². The van der Waals surface area contributed by atoms with E-state index < -0.39 is 10.0 Å². The summed E-state index contributed by atoms with van der Waals surface area (Å²) in [6.07, 6.45) is 9.63. The molecule has 1 N–H and O–H groups in total. The Morgan fingerprint density at radius 1 is 0.854 bits per heavy atom. The Kier molecular flexibility index (Phi) is 13.3. The van der Waals surface area contributed by atoms with Gasteiger partial charge in [0.2, 0.25) is 10.0 Å². The summed E-state index contributed by atoms with van der Waals surface area (Å²) in [5.41, 5.74) is 1.73. The topological polar surface area (TPSA) is 82.2 Å². The number of hydrogen-bond donors (Lipinski definition) is 1. The molecule has 0 aliphatic carbocycles. The normalized spacial score (nSPS) is 14.5. The molecule has 228 valence electrons. The molecule has 1 heterocycles. The number of amides is 2. The molecule has 0 atom stereocenters. The first-order chi connectivity index (χ1) is 19.7. The summed E-state index contributed by atoms with van der Waals surface area (Å²) in [5.74, 6) is 1.38. The summed E-state index contributed by atoms with van der Waals surface area (Å²) in [6.45, 7) is 12.0. The van der Waals surface area contributed by atoms with Gasteiger partial charge in [0.05, 0.1) is 6.26 Å². The number of carbonyl (C=O) groups excluding carboxylic acids is 1. The number of nitrogens with one attached hydrogen (secondary N) is 1. The number of anilines is 1. The zero-order chi connectivity index (χ0) is 29.7. The average molecular weight is 587 g/mol. The molecule has 0 aromatic heterocycles. The van der Waals surface area contributed by atoms with Gasteiger partial charge in [-0.3, -0.25) is 9.62 Å². The lowest BCUT2D eigenvalue weighted by Gasteiger charge is -2.41. The number of urea groups is 1. The van der Waals surface area contributed by atoms with Gasteiger partial charge in [-0.15, -0.1) is 0 Å². The number of sulfonamides is 1. The second-order valence-electron chi connectivity index (χ2n) is 11.2. The molecule has 1 fully saturated rings. The highest BCUT2D eigenvalue weighted by Crippen LogP contribution is 2.25. The molecule has 2 aromatic carbocycles. The highest BCUT2D eigenvalue weighted by atomic mass is 32.2. The van der Waals surface area contributed by atoms with Crippen LogP contribution in [0.5, 0.6) is 11.5 Å². The van der Waals surface area contributed by atoms with Crippen LogP contribution in [0.2, 0.25) is 0 Å². The van der Waals surface area contributed by atoms with E-state index in [1.54, 1.807) is 24.3 Å². The van der Waals surface area contributed by atoms with Gasteiger partial charge in [0.25, 0.3) is 0 Å². The molecule has 3 rings (SSSR count). The maximum atomic E-state index is 13.7. The number of rotatable bonds is 16. The van der Waals surface area contributed by atoms with Gasteiger partial charge < -0.3 is 14.5 Å². The second kappa shape index (κ2) is 16.6.